The van der Waals surface area contributed by atoms with Crippen molar-refractivity contribution in [2.24, 2.45) is 9.98 Å². The van der Waals surface area contributed by atoms with Gasteiger partial charge in [-0.05, 0) is 122 Å². The van der Waals surface area contributed by atoms with E-state index in [9.17, 15) is 10.2 Å². The molecule has 0 bridgehead atoms. The van der Waals surface area contributed by atoms with E-state index in [1.54, 1.807) is 0 Å². The smallest absolute Gasteiger partial charge is 0.507 e. The van der Waals surface area contributed by atoms with Crippen molar-refractivity contribution < 1.29 is 36.0 Å². The van der Waals surface area contributed by atoms with Gasteiger partial charge in [0.2, 0.25) is 0 Å². The second kappa shape index (κ2) is 35.8. The zero-order valence-corrected chi connectivity index (χ0v) is 57.3. The average molecular weight is 1140 g/mol. The first-order valence-electron chi connectivity index (χ1n) is 32.5. The number of phenols is 2. The maximum atomic E-state index is 12.3. The minimum Gasteiger partial charge on any atom is -0.507 e. The third-order valence-corrected chi connectivity index (χ3v) is 17.9. The van der Waals surface area contributed by atoms with E-state index in [0.717, 1.165) is 47.9 Å². The van der Waals surface area contributed by atoms with Crippen LogP contribution in [0.25, 0.3) is 0 Å². The molecule has 0 amide bonds. The molecule has 2 N–H and O–H groups in total. The third kappa shape index (κ3) is 25.3. The van der Waals surface area contributed by atoms with Gasteiger partial charge in [0.1, 0.15) is 11.5 Å². The summed E-state index contributed by atoms with van der Waals surface area (Å²) < 4.78 is 2.54. The van der Waals surface area contributed by atoms with E-state index in [4.69, 9.17) is 9.98 Å². The van der Waals surface area contributed by atoms with Gasteiger partial charge < -0.3 is 36.6 Å². The standard InChI is InChI=1S/C71H128N4O2.CH3.Co/c1-21-29-39-70(19,40-30-22-2)60-51-58(64(76)62(53-60)66(9,10)11)55-72-68(15,16)57-69(17,18)73-56-59-52-61(54-63(65(59)77)67(12,13)14)71(20,41-37-49-74(43-31-23-3,44-32-24-4)45-33-25-5)42-38-50-75(46-34-26-6,47-35-27-7)48-36-28-8;;/h51-57H,21-50H2,1-20H3,(H-,72,73,76,77);1H3;/q;-1;+2/p+1. The number of hydrogen-bond acceptors (Lipinski definition) is 4. The molecule has 79 heavy (non-hydrogen) atoms. The Balaban J connectivity index is 0.0000304. The van der Waals surface area contributed by atoms with Gasteiger partial charge in [-0.2, -0.15) is 0 Å². The average Bonchev–Trinajstić information content (AvgIpc) is 3.36. The molecule has 0 aromatic heterocycles. The van der Waals surface area contributed by atoms with Crippen molar-refractivity contribution in [3.8, 4) is 11.5 Å². The van der Waals surface area contributed by atoms with E-state index in [1.165, 1.54) is 188 Å². The van der Waals surface area contributed by atoms with Gasteiger partial charge in [-0.3, -0.25) is 6.42 Å². The van der Waals surface area contributed by atoms with E-state index in [1.807, 2.05) is 12.4 Å². The first-order valence-corrected chi connectivity index (χ1v) is 32.5. The summed E-state index contributed by atoms with van der Waals surface area (Å²) in [5.74, 6) is 0.674. The zero-order valence-electron chi connectivity index (χ0n) is 56.3. The fourth-order valence-electron chi connectivity index (χ4n) is 12.6. The number of quaternary nitrogens is 2. The molecule has 0 unspecified atom stereocenters. The van der Waals surface area contributed by atoms with Crippen LogP contribution >= 0.6 is 0 Å². The summed E-state index contributed by atoms with van der Waals surface area (Å²) in [4.78, 5) is 10.6. The monoisotopic (exact) mass is 1140 g/mol. The van der Waals surface area contributed by atoms with Crippen LogP contribution in [0, 0.1) is 13.8 Å². The van der Waals surface area contributed by atoms with E-state index >= 15 is 0 Å². The van der Waals surface area contributed by atoms with Gasteiger partial charge in [-0.1, -0.05) is 226 Å². The molecule has 1 radical (unpaired) electrons. The van der Waals surface area contributed by atoms with E-state index < -0.39 is 11.1 Å². The number of unbranched alkanes of at least 4 members (excludes halogenated alkanes) is 8. The van der Waals surface area contributed by atoms with Gasteiger partial charge >= 0.3 is 16.8 Å². The number of hydrogen-bond donors (Lipinski definition) is 2. The largest absolute Gasteiger partial charge is 2.00 e. The molecule has 0 aliphatic heterocycles. The van der Waals surface area contributed by atoms with Gasteiger partial charge in [0.05, 0.1) is 52.4 Å². The van der Waals surface area contributed by atoms with Crippen LogP contribution in [0.3, 0.4) is 0 Å². The summed E-state index contributed by atoms with van der Waals surface area (Å²) in [6, 6.07) is 9.23. The Morgan fingerprint density at radius 1 is 0.392 bits per heavy atom. The molecule has 0 fully saturated rings. The maximum absolute atomic E-state index is 12.3. The SMILES string of the molecule is CCCCC(C)(CCCC)c1cc(C=NC(C)(C)[CH-]C(C)(C)N=Cc2cc(C(C)(CCC[N+](CCCC)(CCCC)CCCC)CCC[N+](CCCC)(CCCC)CCCC)cc(C(C)(C)C)c2O)c(O)c(C(C)(C)C)c1.[CH3-].[Co+2]. The molecular formula is C72H132CoN4O2+2. The van der Waals surface area contributed by atoms with Gasteiger partial charge in [0, 0.05) is 34.7 Å². The van der Waals surface area contributed by atoms with Gasteiger partial charge in [-0.25, -0.2) is 0 Å². The fraction of sp³-hybridized carbons (Fsp3) is 0.778. The van der Waals surface area contributed by atoms with Crippen LogP contribution in [0.5, 0.6) is 11.5 Å². The first kappa shape index (κ1) is 76.8. The summed E-state index contributed by atoms with van der Waals surface area (Å²) in [5, 5.41) is 24.2. The number of nitrogens with zero attached hydrogens (tertiary/aromatic N) is 4. The Morgan fingerprint density at radius 3 is 0.873 bits per heavy atom. The molecule has 0 atom stereocenters. The van der Waals surface area contributed by atoms with Gasteiger partial charge in [0.15, 0.2) is 0 Å². The molecule has 2 aromatic carbocycles. The van der Waals surface area contributed by atoms with Crippen molar-refractivity contribution in [3.63, 3.8) is 0 Å². The molecule has 0 heterocycles. The first-order chi connectivity index (χ1) is 36.0. The van der Waals surface area contributed by atoms with Crippen LogP contribution in [-0.4, -0.2) is 95.0 Å². The van der Waals surface area contributed by atoms with Crippen LogP contribution < -0.4 is 0 Å². The van der Waals surface area contributed by atoms with Crippen LogP contribution in [0.1, 0.15) is 313 Å². The molecule has 2 aromatic rings. The Hall–Kier alpha value is -2.19. The molecule has 0 aliphatic rings. The minimum atomic E-state index is -0.610. The van der Waals surface area contributed by atoms with Crippen molar-refractivity contribution in [3.05, 3.63) is 71.5 Å². The molecule has 459 valence electrons. The van der Waals surface area contributed by atoms with Crippen LogP contribution in [0.15, 0.2) is 34.3 Å². The quantitative estimate of drug-likeness (QED) is 0.0397. The fourth-order valence-corrected chi connectivity index (χ4v) is 12.6. The molecule has 0 saturated heterocycles. The Kier molecular flexibility index (Phi) is 34.8. The summed E-state index contributed by atoms with van der Waals surface area (Å²) in [5.41, 5.74) is 4.49. The summed E-state index contributed by atoms with van der Waals surface area (Å²) in [6.07, 6.45) is 33.1. The van der Waals surface area contributed by atoms with E-state index in [-0.39, 0.29) is 45.9 Å². The van der Waals surface area contributed by atoms with Gasteiger partial charge in [-0.15, -0.1) is 0 Å². The predicted molar refractivity (Wildman–Crippen MR) is 349 cm³/mol. The van der Waals surface area contributed by atoms with Crippen molar-refractivity contribution in [1.29, 1.82) is 0 Å². The number of aromatic hydroxyl groups is 2. The van der Waals surface area contributed by atoms with Crippen molar-refractivity contribution in [1.82, 2.24) is 0 Å². The molecular weight excluding hydrogens is 1010 g/mol. The molecule has 6 nitrogen and oxygen atoms in total. The summed E-state index contributed by atoms with van der Waals surface area (Å²) in [6.45, 7) is 56.0. The normalized spacial score (nSPS) is 13.4. The Morgan fingerprint density at radius 2 is 0.633 bits per heavy atom. The maximum Gasteiger partial charge on any atom is 2.00 e. The minimum absolute atomic E-state index is 0. The van der Waals surface area contributed by atoms with Gasteiger partial charge in [0.25, 0.3) is 0 Å². The van der Waals surface area contributed by atoms with Crippen LogP contribution in [0.2, 0.25) is 0 Å². The summed E-state index contributed by atoms with van der Waals surface area (Å²) >= 11 is 0. The molecule has 0 aliphatic carbocycles. The number of aliphatic imine (C=N–C) groups is 2. The number of benzene rings is 2. The Bertz CT molecular complexity index is 1950. The van der Waals surface area contributed by atoms with Crippen LogP contribution in [-0.2, 0) is 38.4 Å². The number of rotatable bonds is 40. The Labute approximate surface area is 503 Å². The molecule has 0 saturated carbocycles. The molecule has 2 rings (SSSR count). The van der Waals surface area contributed by atoms with Crippen LogP contribution in [0.4, 0.5) is 0 Å². The van der Waals surface area contributed by atoms with Crippen molar-refractivity contribution >= 4 is 12.4 Å². The van der Waals surface area contributed by atoms with Crippen molar-refractivity contribution in [2.75, 3.05) is 52.4 Å². The topological polar surface area (TPSA) is 65.2 Å². The second-order valence-electron chi connectivity index (χ2n) is 28.5. The van der Waals surface area contributed by atoms with E-state index in [2.05, 4.69) is 169 Å². The van der Waals surface area contributed by atoms with E-state index in [0.29, 0.717) is 11.5 Å². The second-order valence-corrected chi connectivity index (χ2v) is 28.5. The number of phenolic OH excluding ortho intramolecular Hbond substituents is 2. The molecule has 0 spiro atoms. The molecule has 7 heteroatoms. The predicted octanol–water partition coefficient (Wildman–Crippen LogP) is 20.3. The van der Waals surface area contributed by atoms with Crippen molar-refractivity contribution in [2.45, 2.75) is 312 Å². The third-order valence-electron chi connectivity index (χ3n) is 17.9. The summed E-state index contributed by atoms with van der Waals surface area (Å²) in [7, 11) is 0. The zero-order chi connectivity index (χ0) is 58.2.